The molecule has 0 saturated heterocycles. The third kappa shape index (κ3) is 3.82. The number of carbonyl (C=O) groups excluding carboxylic acids is 1. The summed E-state index contributed by atoms with van der Waals surface area (Å²) in [4.78, 5) is 12.9. The van der Waals surface area contributed by atoms with E-state index in [0.29, 0.717) is 13.0 Å². The first-order valence-electron chi connectivity index (χ1n) is 6.23. The largest absolute Gasteiger partial charge is 0.393 e. The van der Waals surface area contributed by atoms with Crippen molar-refractivity contribution in [1.82, 2.24) is 5.32 Å². The number of nitrogens with one attached hydrogen (secondary N) is 1. The molecule has 1 amide bonds. The van der Waals surface area contributed by atoms with E-state index in [0.717, 1.165) is 25.7 Å². The predicted octanol–water partition coefficient (Wildman–Crippen LogP) is 1.96. The average molecular weight is 253 g/mol. The lowest BCUT2D eigenvalue weighted by Crippen LogP contribution is -2.32. The summed E-state index contributed by atoms with van der Waals surface area (Å²) in [6, 6.07) is 4.06. The van der Waals surface area contributed by atoms with E-state index in [2.05, 4.69) is 11.4 Å². The summed E-state index contributed by atoms with van der Waals surface area (Å²) in [5, 5.41) is 14.6. The van der Waals surface area contributed by atoms with Gasteiger partial charge in [0.05, 0.1) is 6.10 Å². The van der Waals surface area contributed by atoms with Crippen LogP contribution in [-0.2, 0) is 11.2 Å². The Morgan fingerprint density at radius 3 is 3.06 bits per heavy atom. The minimum Gasteiger partial charge on any atom is -0.393 e. The number of carbonyl (C=O) groups is 1. The minimum absolute atomic E-state index is 0.0949. The van der Waals surface area contributed by atoms with Gasteiger partial charge in [0.15, 0.2) is 0 Å². The molecule has 4 heteroatoms. The lowest BCUT2D eigenvalue weighted by molar-refractivity contribution is -0.121. The lowest BCUT2D eigenvalue weighted by atomic mass is 10.1. The second-order valence-electron chi connectivity index (χ2n) is 4.64. The molecule has 94 valence electrons. The van der Waals surface area contributed by atoms with Crippen LogP contribution in [-0.4, -0.2) is 23.7 Å². The van der Waals surface area contributed by atoms with Gasteiger partial charge in [-0.15, -0.1) is 11.3 Å². The van der Waals surface area contributed by atoms with Crippen molar-refractivity contribution in [3.05, 3.63) is 22.4 Å². The fourth-order valence-electron chi connectivity index (χ4n) is 2.28. The maximum absolute atomic E-state index is 11.6. The summed E-state index contributed by atoms with van der Waals surface area (Å²) in [7, 11) is 0. The predicted molar refractivity (Wildman–Crippen MR) is 69.0 cm³/mol. The van der Waals surface area contributed by atoms with Gasteiger partial charge in [-0.25, -0.2) is 0 Å². The fraction of sp³-hybridized carbons (Fsp3) is 0.615. The van der Waals surface area contributed by atoms with Crippen molar-refractivity contribution in [1.29, 1.82) is 0 Å². The van der Waals surface area contributed by atoms with Crippen LogP contribution < -0.4 is 5.32 Å². The van der Waals surface area contributed by atoms with E-state index >= 15 is 0 Å². The monoisotopic (exact) mass is 253 g/mol. The smallest absolute Gasteiger partial charge is 0.220 e. The molecule has 0 bridgehead atoms. The average Bonchev–Trinajstić information content (AvgIpc) is 2.95. The van der Waals surface area contributed by atoms with Gasteiger partial charge >= 0.3 is 0 Å². The number of hydrogen-bond donors (Lipinski definition) is 2. The number of rotatable bonds is 5. The standard InChI is InChI=1S/C13H19NO2S/c15-12-5-1-3-10(12)9-14-13(16)7-6-11-4-2-8-17-11/h2,4,8,10,12,15H,1,3,5-7,9H2,(H,14,16). The van der Waals surface area contributed by atoms with Crippen LogP contribution in [0.1, 0.15) is 30.6 Å². The van der Waals surface area contributed by atoms with E-state index in [1.165, 1.54) is 4.88 Å². The Labute approximate surface area is 106 Å². The highest BCUT2D eigenvalue weighted by Gasteiger charge is 2.25. The number of amides is 1. The Bertz CT molecular complexity index is 350. The number of aliphatic hydroxyl groups excluding tert-OH is 1. The normalized spacial score (nSPS) is 23.8. The first-order valence-corrected chi connectivity index (χ1v) is 7.11. The lowest BCUT2D eigenvalue weighted by Gasteiger charge is -2.14. The van der Waals surface area contributed by atoms with Gasteiger partial charge in [0.1, 0.15) is 0 Å². The van der Waals surface area contributed by atoms with Crippen LogP contribution >= 0.6 is 11.3 Å². The molecule has 17 heavy (non-hydrogen) atoms. The molecule has 1 heterocycles. The number of aliphatic hydroxyl groups is 1. The molecule has 1 aliphatic rings. The van der Waals surface area contributed by atoms with E-state index in [4.69, 9.17) is 0 Å². The molecule has 1 aliphatic carbocycles. The molecule has 1 aromatic rings. The summed E-state index contributed by atoms with van der Waals surface area (Å²) in [5.74, 6) is 0.359. The van der Waals surface area contributed by atoms with Crippen LogP contribution in [0.15, 0.2) is 17.5 Å². The van der Waals surface area contributed by atoms with E-state index in [-0.39, 0.29) is 17.9 Å². The van der Waals surface area contributed by atoms with Crippen LogP contribution in [0.3, 0.4) is 0 Å². The van der Waals surface area contributed by atoms with Crippen molar-refractivity contribution >= 4 is 17.2 Å². The maximum atomic E-state index is 11.6. The maximum Gasteiger partial charge on any atom is 0.220 e. The summed E-state index contributed by atoms with van der Waals surface area (Å²) in [6.07, 6.45) is 4.14. The van der Waals surface area contributed by atoms with Gasteiger partial charge < -0.3 is 10.4 Å². The quantitative estimate of drug-likeness (QED) is 0.842. The highest BCUT2D eigenvalue weighted by atomic mass is 32.1. The van der Waals surface area contributed by atoms with Gasteiger partial charge in [-0.05, 0) is 30.7 Å². The minimum atomic E-state index is -0.215. The van der Waals surface area contributed by atoms with Crippen molar-refractivity contribution in [2.75, 3.05) is 6.54 Å². The van der Waals surface area contributed by atoms with Crippen LogP contribution in [0.5, 0.6) is 0 Å². The Morgan fingerprint density at radius 2 is 2.41 bits per heavy atom. The molecular weight excluding hydrogens is 234 g/mol. The molecule has 1 fully saturated rings. The van der Waals surface area contributed by atoms with Crippen LogP contribution in [0.2, 0.25) is 0 Å². The van der Waals surface area contributed by atoms with Gasteiger partial charge in [-0.2, -0.15) is 0 Å². The van der Waals surface area contributed by atoms with Gasteiger partial charge in [0, 0.05) is 23.8 Å². The Kier molecular flexibility index (Phi) is 4.57. The van der Waals surface area contributed by atoms with Crippen molar-refractivity contribution in [3.63, 3.8) is 0 Å². The molecule has 2 rings (SSSR count). The van der Waals surface area contributed by atoms with Gasteiger partial charge in [-0.1, -0.05) is 12.5 Å². The molecule has 0 spiro atoms. The molecule has 2 unspecified atom stereocenters. The Hall–Kier alpha value is -0.870. The Morgan fingerprint density at radius 1 is 1.53 bits per heavy atom. The van der Waals surface area contributed by atoms with Gasteiger partial charge in [-0.3, -0.25) is 4.79 Å². The molecule has 1 saturated carbocycles. The third-order valence-corrected chi connectivity index (χ3v) is 4.30. The van der Waals surface area contributed by atoms with E-state index < -0.39 is 0 Å². The molecule has 0 aliphatic heterocycles. The van der Waals surface area contributed by atoms with Crippen molar-refractivity contribution in [2.45, 2.75) is 38.2 Å². The number of thiophene rings is 1. The van der Waals surface area contributed by atoms with Crippen LogP contribution in [0.4, 0.5) is 0 Å². The number of hydrogen-bond acceptors (Lipinski definition) is 3. The Balaban J connectivity index is 1.64. The summed E-state index contributed by atoms with van der Waals surface area (Å²) in [6.45, 7) is 0.629. The zero-order chi connectivity index (χ0) is 12.1. The zero-order valence-corrected chi connectivity index (χ0v) is 10.7. The third-order valence-electron chi connectivity index (χ3n) is 3.36. The van der Waals surface area contributed by atoms with Crippen LogP contribution in [0, 0.1) is 5.92 Å². The van der Waals surface area contributed by atoms with Crippen LogP contribution in [0.25, 0.3) is 0 Å². The molecule has 0 aromatic carbocycles. The van der Waals surface area contributed by atoms with Gasteiger partial charge in [0.2, 0.25) is 5.91 Å². The topological polar surface area (TPSA) is 49.3 Å². The van der Waals surface area contributed by atoms with E-state index in [9.17, 15) is 9.90 Å². The molecular formula is C13H19NO2S. The first-order chi connectivity index (χ1) is 8.25. The highest BCUT2D eigenvalue weighted by Crippen LogP contribution is 2.24. The van der Waals surface area contributed by atoms with Crippen molar-refractivity contribution in [2.24, 2.45) is 5.92 Å². The van der Waals surface area contributed by atoms with Crippen molar-refractivity contribution < 1.29 is 9.90 Å². The second kappa shape index (κ2) is 6.17. The van der Waals surface area contributed by atoms with E-state index in [1.54, 1.807) is 11.3 Å². The highest BCUT2D eigenvalue weighted by molar-refractivity contribution is 7.09. The molecule has 3 nitrogen and oxygen atoms in total. The zero-order valence-electron chi connectivity index (χ0n) is 9.89. The summed E-state index contributed by atoms with van der Waals surface area (Å²) < 4.78 is 0. The van der Waals surface area contributed by atoms with E-state index in [1.807, 2.05) is 11.4 Å². The summed E-state index contributed by atoms with van der Waals surface area (Å²) >= 11 is 1.69. The molecule has 1 aromatic heterocycles. The molecule has 2 N–H and O–H groups in total. The SMILES string of the molecule is O=C(CCc1cccs1)NCC1CCCC1O. The van der Waals surface area contributed by atoms with Crippen molar-refractivity contribution in [3.8, 4) is 0 Å². The second-order valence-corrected chi connectivity index (χ2v) is 5.67. The summed E-state index contributed by atoms with van der Waals surface area (Å²) in [5.41, 5.74) is 0. The van der Waals surface area contributed by atoms with Gasteiger partial charge in [0.25, 0.3) is 0 Å². The molecule has 0 radical (unpaired) electrons. The molecule has 2 atom stereocenters. The fourth-order valence-corrected chi connectivity index (χ4v) is 2.99. The first kappa shape index (κ1) is 12.6. The number of aryl methyl sites for hydroxylation is 1.